The molecule has 0 saturated heterocycles. The number of hydrogen-bond acceptors (Lipinski definition) is 2. The minimum atomic E-state index is -0.958. The molecule has 2 amide bonds. The van der Waals surface area contributed by atoms with E-state index in [2.05, 4.69) is 5.32 Å². The summed E-state index contributed by atoms with van der Waals surface area (Å²) in [5.41, 5.74) is 0. The van der Waals surface area contributed by atoms with E-state index in [0.717, 1.165) is 13.0 Å². The first-order chi connectivity index (χ1) is 8.45. The molecule has 0 aromatic heterocycles. The van der Waals surface area contributed by atoms with Gasteiger partial charge >= 0.3 is 12.0 Å². The van der Waals surface area contributed by atoms with E-state index in [-0.39, 0.29) is 12.1 Å². The topological polar surface area (TPSA) is 69.6 Å². The van der Waals surface area contributed by atoms with E-state index in [1.54, 1.807) is 4.90 Å². The monoisotopic (exact) mass is 256 g/mol. The minimum Gasteiger partial charge on any atom is -0.480 e. The van der Waals surface area contributed by atoms with Crippen molar-refractivity contribution in [1.29, 1.82) is 0 Å². The lowest BCUT2D eigenvalue weighted by Crippen LogP contribution is -2.50. The second kappa shape index (κ2) is 6.61. The molecule has 1 atom stereocenters. The summed E-state index contributed by atoms with van der Waals surface area (Å²) in [5.74, 6) is -0.354. The number of nitrogens with zero attached hydrogens (tertiary/aromatic N) is 1. The van der Waals surface area contributed by atoms with Crippen LogP contribution >= 0.6 is 0 Å². The second-order valence-electron chi connectivity index (χ2n) is 5.32. The van der Waals surface area contributed by atoms with Crippen LogP contribution in [0.25, 0.3) is 0 Å². The van der Waals surface area contributed by atoms with Crippen LogP contribution in [0.5, 0.6) is 0 Å². The lowest BCUT2D eigenvalue weighted by Gasteiger charge is -2.28. The zero-order valence-corrected chi connectivity index (χ0v) is 11.5. The number of rotatable bonds is 7. The van der Waals surface area contributed by atoms with Crippen molar-refractivity contribution in [2.45, 2.75) is 58.5 Å². The molecule has 5 heteroatoms. The number of carboxylic acids is 1. The highest BCUT2D eigenvalue weighted by atomic mass is 16.4. The van der Waals surface area contributed by atoms with Crippen molar-refractivity contribution in [2.75, 3.05) is 6.54 Å². The summed E-state index contributed by atoms with van der Waals surface area (Å²) in [7, 11) is 0. The molecule has 0 radical (unpaired) electrons. The Kier molecular flexibility index (Phi) is 5.44. The highest BCUT2D eigenvalue weighted by Crippen LogP contribution is 2.30. The Bertz CT molecular complexity index is 301. The molecule has 0 aliphatic heterocycles. The first kappa shape index (κ1) is 14.8. The number of aliphatic carboxylic acids is 1. The van der Waals surface area contributed by atoms with Crippen molar-refractivity contribution >= 4 is 12.0 Å². The molecule has 0 aromatic rings. The molecule has 1 aliphatic carbocycles. The third-order valence-corrected chi connectivity index (χ3v) is 3.21. The molecule has 1 rings (SSSR count). The average Bonchev–Trinajstić information content (AvgIpc) is 3.08. The molecule has 5 nitrogen and oxygen atoms in total. The molecule has 1 fully saturated rings. The molecular weight excluding hydrogens is 232 g/mol. The number of carboxylic acid groups (broad SMARTS) is 1. The number of carbonyl (C=O) groups excluding carboxylic acids is 1. The Labute approximate surface area is 109 Å². The van der Waals surface area contributed by atoms with Crippen LogP contribution in [-0.2, 0) is 4.79 Å². The average molecular weight is 256 g/mol. The molecule has 2 N–H and O–H groups in total. The molecule has 1 saturated carbocycles. The highest BCUT2D eigenvalue weighted by molar-refractivity contribution is 5.82. The van der Waals surface area contributed by atoms with Gasteiger partial charge in [0.05, 0.1) is 0 Å². The van der Waals surface area contributed by atoms with Gasteiger partial charge in [0.15, 0.2) is 0 Å². The van der Waals surface area contributed by atoms with Gasteiger partial charge in [0.1, 0.15) is 6.04 Å². The van der Waals surface area contributed by atoms with Crippen LogP contribution in [0.3, 0.4) is 0 Å². The van der Waals surface area contributed by atoms with Crippen molar-refractivity contribution < 1.29 is 14.7 Å². The molecule has 18 heavy (non-hydrogen) atoms. The van der Waals surface area contributed by atoms with Gasteiger partial charge in [-0.15, -0.1) is 0 Å². The van der Waals surface area contributed by atoms with Gasteiger partial charge in [-0.1, -0.05) is 13.3 Å². The standard InChI is InChI=1S/C13H24N2O3/c1-4-5-11(12(16)17)14-13(18)15(9(2)3)8-10-6-7-10/h9-11H,4-8H2,1-3H3,(H,14,18)(H,16,17)/t11-/m1/s1. The molecule has 0 spiro atoms. The van der Waals surface area contributed by atoms with E-state index in [9.17, 15) is 9.59 Å². The number of amides is 2. The molecule has 104 valence electrons. The van der Waals surface area contributed by atoms with Crippen molar-refractivity contribution in [3.8, 4) is 0 Å². The van der Waals surface area contributed by atoms with Crippen molar-refractivity contribution in [3.63, 3.8) is 0 Å². The summed E-state index contributed by atoms with van der Waals surface area (Å²) in [4.78, 5) is 24.8. The molecule has 0 aromatic carbocycles. The minimum absolute atomic E-state index is 0.0988. The van der Waals surface area contributed by atoms with Crippen molar-refractivity contribution in [1.82, 2.24) is 10.2 Å². The Hall–Kier alpha value is -1.26. The number of urea groups is 1. The summed E-state index contributed by atoms with van der Waals surface area (Å²) in [6, 6.07) is -0.928. The van der Waals surface area contributed by atoms with Gasteiger partial charge in [-0.05, 0) is 39.0 Å². The summed E-state index contributed by atoms with van der Waals surface area (Å²) >= 11 is 0. The lowest BCUT2D eigenvalue weighted by molar-refractivity contribution is -0.139. The van der Waals surface area contributed by atoms with E-state index >= 15 is 0 Å². The van der Waals surface area contributed by atoms with E-state index < -0.39 is 12.0 Å². The molecule has 1 aliphatic rings. The maximum Gasteiger partial charge on any atom is 0.326 e. The molecular formula is C13H24N2O3. The van der Waals surface area contributed by atoms with E-state index in [0.29, 0.717) is 12.3 Å². The van der Waals surface area contributed by atoms with Gasteiger partial charge in [-0.25, -0.2) is 9.59 Å². The zero-order valence-electron chi connectivity index (χ0n) is 11.5. The summed E-state index contributed by atoms with van der Waals surface area (Å²) in [6.07, 6.45) is 3.56. The second-order valence-corrected chi connectivity index (χ2v) is 5.32. The van der Waals surface area contributed by atoms with Gasteiger partial charge in [-0.2, -0.15) is 0 Å². The predicted molar refractivity (Wildman–Crippen MR) is 69.4 cm³/mol. The molecule has 0 bridgehead atoms. The molecule has 0 unspecified atom stereocenters. The van der Waals surface area contributed by atoms with E-state index in [1.165, 1.54) is 12.8 Å². The summed E-state index contributed by atoms with van der Waals surface area (Å²) < 4.78 is 0. The fourth-order valence-corrected chi connectivity index (χ4v) is 1.88. The Morgan fingerprint density at radius 3 is 2.39 bits per heavy atom. The van der Waals surface area contributed by atoms with Crippen LogP contribution in [0.4, 0.5) is 4.79 Å². The maximum absolute atomic E-state index is 12.1. The van der Waals surface area contributed by atoms with Gasteiger partial charge < -0.3 is 15.3 Å². The highest BCUT2D eigenvalue weighted by Gasteiger charge is 2.30. The van der Waals surface area contributed by atoms with Crippen LogP contribution in [0.15, 0.2) is 0 Å². The Balaban J connectivity index is 2.55. The van der Waals surface area contributed by atoms with Gasteiger partial charge in [0.25, 0.3) is 0 Å². The lowest BCUT2D eigenvalue weighted by atomic mass is 10.2. The predicted octanol–water partition coefficient (Wildman–Crippen LogP) is 2.07. The van der Waals surface area contributed by atoms with E-state index in [1.807, 2.05) is 20.8 Å². The third kappa shape index (κ3) is 4.55. The Morgan fingerprint density at radius 2 is 2.00 bits per heavy atom. The molecule has 0 heterocycles. The largest absolute Gasteiger partial charge is 0.480 e. The normalized spacial score (nSPS) is 16.4. The van der Waals surface area contributed by atoms with Crippen LogP contribution in [-0.4, -0.2) is 40.6 Å². The quantitative estimate of drug-likeness (QED) is 0.732. The number of hydrogen-bond donors (Lipinski definition) is 2. The van der Waals surface area contributed by atoms with Gasteiger partial charge in [-0.3, -0.25) is 0 Å². The SMILES string of the molecule is CCC[C@@H](NC(=O)N(CC1CC1)C(C)C)C(=O)O. The van der Waals surface area contributed by atoms with Crippen LogP contribution in [0.2, 0.25) is 0 Å². The first-order valence-corrected chi connectivity index (χ1v) is 6.75. The van der Waals surface area contributed by atoms with Gasteiger partial charge in [0, 0.05) is 12.6 Å². The fraction of sp³-hybridized carbons (Fsp3) is 0.846. The van der Waals surface area contributed by atoms with Gasteiger partial charge in [0.2, 0.25) is 0 Å². The van der Waals surface area contributed by atoms with Crippen molar-refractivity contribution in [2.24, 2.45) is 5.92 Å². The number of carbonyl (C=O) groups is 2. The van der Waals surface area contributed by atoms with Crippen LogP contribution in [0, 0.1) is 5.92 Å². The Morgan fingerprint density at radius 1 is 1.39 bits per heavy atom. The first-order valence-electron chi connectivity index (χ1n) is 6.75. The third-order valence-electron chi connectivity index (χ3n) is 3.21. The maximum atomic E-state index is 12.1. The fourth-order valence-electron chi connectivity index (χ4n) is 1.88. The van der Waals surface area contributed by atoms with Crippen LogP contribution in [0.1, 0.15) is 46.5 Å². The van der Waals surface area contributed by atoms with Crippen molar-refractivity contribution in [3.05, 3.63) is 0 Å². The summed E-state index contributed by atoms with van der Waals surface area (Å²) in [6.45, 7) is 6.56. The summed E-state index contributed by atoms with van der Waals surface area (Å²) in [5, 5.41) is 11.7. The zero-order chi connectivity index (χ0) is 13.7. The number of nitrogens with one attached hydrogen (secondary N) is 1. The van der Waals surface area contributed by atoms with E-state index in [4.69, 9.17) is 5.11 Å². The van der Waals surface area contributed by atoms with Crippen LogP contribution < -0.4 is 5.32 Å². The smallest absolute Gasteiger partial charge is 0.326 e.